The molecule has 0 spiro atoms. The van der Waals surface area contributed by atoms with Crippen LogP contribution in [0.2, 0.25) is 0 Å². The van der Waals surface area contributed by atoms with Crippen molar-refractivity contribution in [1.82, 2.24) is 0 Å². The van der Waals surface area contributed by atoms with Crippen LogP contribution in [0.5, 0.6) is 0 Å². The molecule has 2 N–H and O–H groups in total. The molecule has 1 saturated heterocycles. The first-order chi connectivity index (χ1) is 7.95. The van der Waals surface area contributed by atoms with Gasteiger partial charge in [-0.1, -0.05) is 19.8 Å². The van der Waals surface area contributed by atoms with Crippen molar-refractivity contribution in [1.29, 1.82) is 0 Å². The van der Waals surface area contributed by atoms with Crippen molar-refractivity contribution >= 4 is 0 Å². The van der Waals surface area contributed by atoms with E-state index in [0.717, 1.165) is 12.5 Å². The molecular formula is C15H29NO. The average Bonchev–Trinajstić information content (AvgIpc) is 2.58. The van der Waals surface area contributed by atoms with E-state index in [-0.39, 0.29) is 5.60 Å². The van der Waals surface area contributed by atoms with Gasteiger partial charge in [0.15, 0.2) is 0 Å². The molecule has 2 heteroatoms. The van der Waals surface area contributed by atoms with E-state index < -0.39 is 0 Å². The van der Waals surface area contributed by atoms with Crippen molar-refractivity contribution in [3.8, 4) is 0 Å². The van der Waals surface area contributed by atoms with Crippen LogP contribution in [0.3, 0.4) is 0 Å². The molecular weight excluding hydrogens is 210 g/mol. The van der Waals surface area contributed by atoms with Crippen LogP contribution in [0.1, 0.15) is 65.7 Å². The highest BCUT2D eigenvalue weighted by molar-refractivity contribution is 4.91. The summed E-state index contributed by atoms with van der Waals surface area (Å²) in [7, 11) is 0. The van der Waals surface area contributed by atoms with E-state index in [1.54, 1.807) is 0 Å². The Hall–Kier alpha value is -0.0800. The fourth-order valence-corrected chi connectivity index (χ4v) is 3.93. The zero-order chi connectivity index (χ0) is 12.5. The standard InChI is InChI=1S/C15H29NO/c1-12-5-4-7-15(9-12,11-16)10-13-6-8-14(2,3)17-13/h12-13H,4-11,16H2,1-3H3. The summed E-state index contributed by atoms with van der Waals surface area (Å²) in [4.78, 5) is 0. The fraction of sp³-hybridized carbons (Fsp3) is 1.00. The van der Waals surface area contributed by atoms with Crippen LogP contribution in [-0.4, -0.2) is 18.2 Å². The molecule has 0 radical (unpaired) electrons. The van der Waals surface area contributed by atoms with Gasteiger partial charge in [-0.05, 0) is 63.8 Å². The third-order valence-corrected chi connectivity index (χ3v) is 4.83. The monoisotopic (exact) mass is 239 g/mol. The number of hydrogen-bond donors (Lipinski definition) is 1. The molecule has 3 atom stereocenters. The van der Waals surface area contributed by atoms with E-state index in [1.165, 1.54) is 44.9 Å². The molecule has 0 aromatic carbocycles. The van der Waals surface area contributed by atoms with E-state index in [9.17, 15) is 0 Å². The first-order valence-corrected chi connectivity index (χ1v) is 7.33. The molecule has 0 amide bonds. The summed E-state index contributed by atoms with van der Waals surface area (Å²) in [5.41, 5.74) is 6.57. The van der Waals surface area contributed by atoms with E-state index in [1.807, 2.05) is 0 Å². The summed E-state index contributed by atoms with van der Waals surface area (Å²) >= 11 is 0. The largest absolute Gasteiger partial charge is 0.372 e. The van der Waals surface area contributed by atoms with Gasteiger partial charge >= 0.3 is 0 Å². The number of nitrogens with two attached hydrogens (primary N) is 1. The van der Waals surface area contributed by atoms with Crippen LogP contribution in [0.25, 0.3) is 0 Å². The molecule has 1 heterocycles. The van der Waals surface area contributed by atoms with Crippen molar-refractivity contribution in [3.63, 3.8) is 0 Å². The Bertz CT molecular complexity index is 264. The molecule has 0 bridgehead atoms. The van der Waals surface area contributed by atoms with E-state index >= 15 is 0 Å². The Morgan fingerprint density at radius 3 is 2.53 bits per heavy atom. The van der Waals surface area contributed by atoms with Gasteiger partial charge in [-0.3, -0.25) is 0 Å². The normalized spacial score (nSPS) is 41.6. The van der Waals surface area contributed by atoms with Crippen LogP contribution in [0, 0.1) is 11.3 Å². The topological polar surface area (TPSA) is 35.2 Å². The first-order valence-electron chi connectivity index (χ1n) is 7.33. The Balaban J connectivity index is 1.95. The molecule has 17 heavy (non-hydrogen) atoms. The zero-order valence-corrected chi connectivity index (χ0v) is 11.8. The predicted octanol–water partition coefficient (Wildman–Crippen LogP) is 3.49. The van der Waals surface area contributed by atoms with E-state index in [0.29, 0.717) is 11.5 Å². The van der Waals surface area contributed by atoms with Crippen molar-refractivity contribution in [2.24, 2.45) is 17.1 Å². The maximum absolute atomic E-state index is 6.16. The minimum absolute atomic E-state index is 0.0980. The van der Waals surface area contributed by atoms with Crippen molar-refractivity contribution in [3.05, 3.63) is 0 Å². The lowest BCUT2D eigenvalue weighted by Crippen LogP contribution is -2.38. The van der Waals surface area contributed by atoms with Gasteiger partial charge in [0.25, 0.3) is 0 Å². The molecule has 0 aromatic rings. The highest BCUT2D eigenvalue weighted by Gasteiger charge is 2.40. The molecule has 2 rings (SSSR count). The summed E-state index contributed by atoms with van der Waals surface area (Å²) in [6, 6.07) is 0. The SMILES string of the molecule is CC1CCCC(CN)(CC2CCC(C)(C)O2)C1. The molecule has 1 aliphatic carbocycles. The quantitative estimate of drug-likeness (QED) is 0.818. The Labute approximate surface area is 106 Å². The second-order valence-corrected chi connectivity index (χ2v) is 7.15. The van der Waals surface area contributed by atoms with Crippen molar-refractivity contribution < 1.29 is 4.74 Å². The Morgan fingerprint density at radius 2 is 2.00 bits per heavy atom. The number of ether oxygens (including phenoxy) is 1. The Morgan fingerprint density at radius 1 is 1.24 bits per heavy atom. The second kappa shape index (κ2) is 4.89. The summed E-state index contributed by atoms with van der Waals surface area (Å²) < 4.78 is 6.16. The van der Waals surface area contributed by atoms with E-state index in [4.69, 9.17) is 10.5 Å². The number of rotatable bonds is 3. The molecule has 3 unspecified atom stereocenters. The minimum atomic E-state index is 0.0980. The van der Waals surface area contributed by atoms with Gasteiger partial charge in [0, 0.05) is 0 Å². The van der Waals surface area contributed by atoms with Gasteiger partial charge in [0.1, 0.15) is 0 Å². The molecule has 100 valence electrons. The van der Waals surface area contributed by atoms with Gasteiger partial charge in [-0.2, -0.15) is 0 Å². The van der Waals surface area contributed by atoms with Crippen molar-refractivity contribution in [2.75, 3.05) is 6.54 Å². The average molecular weight is 239 g/mol. The van der Waals surface area contributed by atoms with Crippen molar-refractivity contribution in [2.45, 2.75) is 77.4 Å². The van der Waals surface area contributed by atoms with Crippen LogP contribution >= 0.6 is 0 Å². The molecule has 1 saturated carbocycles. The van der Waals surface area contributed by atoms with Gasteiger partial charge in [-0.25, -0.2) is 0 Å². The smallest absolute Gasteiger partial charge is 0.0631 e. The lowest BCUT2D eigenvalue weighted by Gasteiger charge is -2.41. The van der Waals surface area contributed by atoms with Gasteiger partial charge in [-0.15, -0.1) is 0 Å². The first kappa shape index (κ1) is 13.4. The van der Waals surface area contributed by atoms with Crippen LogP contribution in [-0.2, 0) is 4.74 Å². The molecule has 1 aliphatic heterocycles. The molecule has 2 aliphatic rings. The highest BCUT2D eigenvalue weighted by atomic mass is 16.5. The van der Waals surface area contributed by atoms with Crippen LogP contribution in [0.4, 0.5) is 0 Å². The summed E-state index contributed by atoms with van der Waals surface area (Å²) in [5, 5.41) is 0. The van der Waals surface area contributed by atoms with E-state index in [2.05, 4.69) is 20.8 Å². The summed E-state index contributed by atoms with van der Waals surface area (Å²) in [6.45, 7) is 7.65. The minimum Gasteiger partial charge on any atom is -0.372 e. The van der Waals surface area contributed by atoms with Gasteiger partial charge < -0.3 is 10.5 Å². The molecule has 2 nitrogen and oxygen atoms in total. The maximum Gasteiger partial charge on any atom is 0.0631 e. The maximum atomic E-state index is 6.16. The summed E-state index contributed by atoms with van der Waals surface area (Å²) in [5.74, 6) is 0.849. The third kappa shape index (κ3) is 3.23. The third-order valence-electron chi connectivity index (χ3n) is 4.83. The van der Waals surface area contributed by atoms with Gasteiger partial charge in [0.05, 0.1) is 11.7 Å². The number of hydrogen-bond acceptors (Lipinski definition) is 2. The second-order valence-electron chi connectivity index (χ2n) is 7.15. The lowest BCUT2D eigenvalue weighted by molar-refractivity contribution is -0.0424. The van der Waals surface area contributed by atoms with Crippen LogP contribution < -0.4 is 5.73 Å². The highest BCUT2D eigenvalue weighted by Crippen LogP contribution is 2.45. The zero-order valence-electron chi connectivity index (χ0n) is 11.8. The summed E-state index contributed by atoms with van der Waals surface area (Å²) in [6.07, 6.45) is 9.44. The molecule has 0 aromatic heterocycles. The van der Waals surface area contributed by atoms with Crippen LogP contribution in [0.15, 0.2) is 0 Å². The molecule has 2 fully saturated rings. The predicted molar refractivity (Wildman–Crippen MR) is 71.9 cm³/mol. The lowest BCUT2D eigenvalue weighted by atomic mass is 9.67. The van der Waals surface area contributed by atoms with Gasteiger partial charge in [0.2, 0.25) is 0 Å². The Kier molecular flexibility index (Phi) is 3.84. The fourth-order valence-electron chi connectivity index (χ4n) is 3.93.